The van der Waals surface area contributed by atoms with Crippen LogP contribution in [0, 0.1) is 17.1 Å². The molecule has 3 nitrogen and oxygen atoms in total. The summed E-state index contributed by atoms with van der Waals surface area (Å²) in [6, 6.07) is 14.9. The number of halogens is 2. The maximum absolute atomic E-state index is 13.1. The van der Waals surface area contributed by atoms with Gasteiger partial charge in [-0.15, -0.1) is 0 Å². The molecule has 0 atom stereocenters. The highest BCUT2D eigenvalue weighted by molar-refractivity contribution is 6.31. The van der Waals surface area contributed by atoms with Crippen LogP contribution in [0.3, 0.4) is 0 Å². The van der Waals surface area contributed by atoms with Gasteiger partial charge in [-0.3, -0.25) is 4.79 Å². The van der Waals surface area contributed by atoms with Crippen molar-refractivity contribution < 1.29 is 9.18 Å². The fraction of sp³-hybridized carbons (Fsp3) is 0.111. The molecule has 23 heavy (non-hydrogen) atoms. The van der Waals surface area contributed by atoms with Crippen molar-refractivity contribution in [3.8, 4) is 6.07 Å². The van der Waals surface area contributed by atoms with E-state index in [9.17, 15) is 9.18 Å². The predicted octanol–water partition coefficient (Wildman–Crippen LogP) is 3.74. The number of nitrogens with zero attached hydrogens (tertiary/aromatic N) is 1. The molecule has 2 rings (SSSR count). The second-order valence-corrected chi connectivity index (χ2v) is 5.23. The molecule has 0 fully saturated rings. The van der Waals surface area contributed by atoms with Gasteiger partial charge in [0.2, 0.25) is 0 Å². The normalized spacial score (nSPS) is 10.9. The van der Waals surface area contributed by atoms with E-state index in [4.69, 9.17) is 16.9 Å². The minimum Gasteiger partial charge on any atom is -0.351 e. The van der Waals surface area contributed by atoms with Gasteiger partial charge in [-0.25, -0.2) is 4.39 Å². The minimum atomic E-state index is -0.496. The molecular weight excluding hydrogens is 315 g/mol. The smallest absolute Gasteiger partial charge is 0.261 e. The van der Waals surface area contributed by atoms with Gasteiger partial charge in [0.25, 0.3) is 5.91 Å². The van der Waals surface area contributed by atoms with E-state index < -0.39 is 11.7 Å². The first-order valence-electron chi connectivity index (χ1n) is 6.99. The molecule has 0 saturated heterocycles. The van der Waals surface area contributed by atoms with Gasteiger partial charge in [-0.2, -0.15) is 5.26 Å². The molecule has 0 saturated carbocycles. The minimum absolute atomic E-state index is 0.0743. The van der Waals surface area contributed by atoms with Crippen molar-refractivity contribution in [1.82, 2.24) is 5.32 Å². The summed E-state index contributed by atoms with van der Waals surface area (Å²) >= 11 is 6.04. The van der Waals surface area contributed by atoms with Gasteiger partial charge >= 0.3 is 0 Å². The Morgan fingerprint density at radius 3 is 2.74 bits per heavy atom. The van der Waals surface area contributed by atoms with Crippen molar-refractivity contribution in [2.24, 2.45) is 0 Å². The van der Waals surface area contributed by atoms with Crippen LogP contribution in [0.5, 0.6) is 0 Å². The molecule has 0 heterocycles. The maximum Gasteiger partial charge on any atom is 0.261 e. The van der Waals surface area contributed by atoms with Gasteiger partial charge < -0.3 is 5.32 Å². The average Bonchev–Trinajstić information content (AvgIpc) is 2.54. The Morgan fingerprint density at radius 2 is 2.04 bits per heavy atom. The number of rotatable bonds is 5. The molecule has 0 spiro atoms. The zero-order valence-corrected chi connectivity index (χ0v) is 13.0. The molecule has 0 aliphatic carbocycles. The Labute approximate surface area is 139 Å². The van der Waals surface area contributed by atoms with E-state index >= 15 is 0 Å². The quantitative estimate of drug-likeness (QED) is 0.671. The van der Waals surface area contributed by atoms with E-state index in [0.29, 0.717) is 23.6 Å². The summed E-state index contributed by atoms with van der Waals surface area (Å²) in [6.45, 7) is 0.352. The molecule has 116 valence electrons. The lowest BCUT2D eigenvalue weighted by Gasteiger charge is -2.06. The Hall–Kier alpha value is -2.64. The number of carbonyl (C=O) groups is 1. The van der Waals surface area contributed by atoms with Crippen molar-refractivity contribution in [3.05, 3.63) is 76.1 Å². The van der Waals surface area contributed by atoms with Crippen molar-refractivity contribution in [2.75, 3.05) is 6.54 Å². The lowest BCUT2D eigenvalue weighted by atomic mass is 10.1. The monoisotopic (exact) mass is 328 g/mol. The number of nitriles is 1. The zero-order valence-electron chi connectivity index (χ0n) is 12.2. The molecule has 0 aliphatic rings. The highest BCUT2D eigenvalue weighted by Crippen LogP contribution is 2.15. The number of hydrogen-bond donors (Lipinski definition) is 1. The highest BCUT2D eigenvalue weighted by atomic mass is 35.5. The summed E-state index contributed by atoms with van der Waals surface area (Å²) in [6.07, 6.45) is 1.91. The Balaban J connectivity index is 1.98. The first kappa shape index (κ1) is 16.7. The summed E-state index contributed by atoms with van der Waals surface area (Å²) in [7, 11) is 0. The Kier molecular flexibility index (Phi) is 5.90. The third-order valence-corrected chi connectivity index (χ3v) is 3.53. The van der Waals surface area contributed by atoms with Crippen molar-refractivity contribution in [3.63, 3.8) is 0 Å². The van der Waals surface area contributed by atoms with Crippen LogP contribution in [0.2, 0.25) is 5.02 Å². The van der Waals surface area contributed by atoms with Crippen LogP contribution in [-0.2, 0) is 11.2 Å². The summed E-state index contributed by atoms with van der Waals surface area (Å²) in [5.41, 5.74) is 1.31. The van der Waals surface area contributed by atoms with E-state index in [1.165, 1.54) is 24.3 Å². The largest absolute Gasteiger partial charge is 0.351 e. The van der Waals surface area contributed by atoms with Gasteiger partial charge in [0, 0.05) is 11.6 Å². The Morgan fingerprint density at radius 1 is 1.26 bits per heavy atom. The summed E-state index contributed by atoms with van der Waals surface area (Å²) in [5.74, 6) is -0.918. The van der Waals surface area contributed by atoms with E-state index in [2.05, 4.69) is 5.32 Å². The summed E-state index contributed by atoms with van der Waals surface area (Å²) in [5, 5.41) is 12.4. The van der Waals surface area contributed by atoms with Crippen molar-refractivity contribution in [1.29, 1.82) is 5.26 Å². The van der Waals surface area contributed by atoms with Crippen molar-refractivity contribution >= 4 is 23.6 Å². The molecule has 0 aromatic heterocycles. The number of benzene rings is 2. The van der Waals surface area contributed by atoms with E-state index in [-0.39, 0.29) is 5.57 Å². The molecule has 0 bridgehead atoms. The van der Waals surface area contributed by atoms with Crippen LogP contribution < -0.4 is 5.32 Å². The van der Waals surface area contributed by atoms with Crippen LogP contribution in [0.1, 0.15) is 11.1 Å². The third kappa shape index (κ3) is 4.94. The van der Waals surface area contributed by atoms with Gasteiger partial charge in [0.15, 0.2) is 0 Å². The number of hydrogen-bond acceptors (Lipinski definition) is 2. The fourth-order valence-electron chi connectivity index (χ4n) is 2.02. The molecule has 1 N–H and O–H groups in total. The van der Waals surface area contributed by atoms with Crippen LogP contribution in [-0.4, -0.2) is 12.5 Å². The second-order valence-electron chi connectivity index (χ2n) is 4.82. The lowest BCUT2D eigenvalue weighted by molar-refractivity contribution is -0.117. The highest BCUT2D eigenvalue weighted by Gasteiger charge is 2.09. The van der Waals surface area contributed by atoms with Gasteiger partial charge in [-0.1, -0.05) is 41.9 Å². The standard InChI is InChI=1S/C18H14ClFN2O/c19-17-7-2-1-5-14(17)8-9-22-18(23)15(12-21)10-13-4-3-6-16(20)11-13/h1-7,10-11H,8-9H2,(H,22,23). The SMILES string of the molecule is N#CC(=Cc1cccc(F)c1)C(=O)NCCc1ccccc1Cl. The van der Waals surface area contributed by atoms with E-state index in [0.717, 1.165) is 5.56 Å². The summed E-state index contributed by atoms with van der Waals surface area (Å²) < 4.78 is 13.1. The van der Waals surface area contributed by atoms with Crippen LogP contribution >= 0.6 is 11.6 Å². The first-order chi connectivity index (χ1) is 11.1. The molecule has 1 amide bonds. The van der Waals surface area contributed by atoms with Gasteiger partial charge in [-0.05, 0) is 41.8 Å². The zero-order chi connectivity index (χ0) is 16.7. The second kappa shape index (κ2) is 8.11. The summed E-state index contributed by atoms with van der Waals surface area (Å²) in [4.78, 5) is 12.0. The molecule has 0 radical (unpaired) electrons. The molecule has 5 heteroatoms. The van der Waals surface area contributed by atoms with Crippen LogP contribution in [0.4, 0.5) is 4.39 Å². The number of amides is 1. The Bertz CT molecular complexity index is 781. The van der Waals surface area contributed by atoms with Crippen molar-refractivity contribution in [2.45, 2.75) is 6.42 Å². The maximum atomic E-state index is 13.1. The molecule has 0 unspecified atom stereocenters. The molecular formula is C18H14ClFN2O. The van der Waals surface area contributed by atoms with Gasteiger partial charge in [0.05, 0.1) is 0 Å². The lowest BCUT2D eigenvalue weighted by Crippen LogP contribution is -2.26. The molecule has 0 aliphatic heterocycles. The van der Waals surface area contributed by atoms with E-state index in [1.807, 2.05) is 24.3 Å². The van der Waals surface area contributed by atoms with E-state index in [1.54, 1.807) is 12.1 Å². The molecule has 2 aromatic rings. The number of carbonyl (C=O) groups excluding carboxylic acids is 1. The topological polar surface area (TPSA) is 52.9 Å². The van der Waals surface area contributed by atoms with Crippen LogP contribution in [0.15, 0.2) is 54.1 Å². The van der Waals surface area contributed by atoms with Crippen LogP contribution in [0.25, 0.3) is 6.08 Å². The third-order valence-electron chi connectivity index (χ3n) is 3.16. The average molecular weight is 329 g/mol. The number of nitrogens with one attached hydrogen (secondary N) is 1. The van der Waals surface area contributed by atoms with Gasteiger partial charge in [0.1, 0.15) is 17.5 Å². The first-order valence-corrected chi connectivity index (χ1v) is 7.37. The molecule has 2 aromatic carbocycles. The predicted molar refractivity (Wildman–Crippen MR) is 88.2 cm³/mol. The fourth-order valence-corrected chi connectivity index (χ4v) is 2.25.